The number of carbonyl (C=O) groups is 1. The van der Waals surface area contributed by atoms with Crippen molar-refractivity contribution in [1.82, 2.24) is 15.5 Å². The van der Waals surface area contributed by atoms with Gasteiger partial charge in [-0.25, -0.2) is 4.99 Å². The van der Waals surface area contributed by atoms with Gasteiger partial charge in [-0.15, -0.1) is 0 Å². The van der Waals surface area contributed by atoms with Crippen LogP contribution in [0.5, 0.6) is 0 Å². The normalized spacial score (nSPS) is 38.8. The molecule has 18 heavy (non-hydrogen) atoms. The molecule has 0 aromatic rings. The second kappa shape index (κ2) is 3.70. The van der Waals surface area contributed by atoms with Crippen molar-refractivity contribution in [3.05, 3.63) is 0 Å². The maximum absolute atomic E-state index is 12.4. The highest BCUT2D eigenvalue weighted by Crippen LogP contribution is 2.40. The molecule has 3 heterocycles. The third kappa shape index (κ3) is 1.81. The molecular weight excluding hydrogens is 228 g/mol. The van der Waals surface area contributed by atoms with Crippen LogP contribution in [0.15, 0.2) is 4.99 Å². The molecule has 2 saturated heterocycles. The molecule has 0 aliphatic carbocycles. The van der Waals surface area contributed by atoms with Crippen LogP contribution in [0.25, 0.3) is 0 Å². The fourth-order valence-corrected chi connectivity index (χ4v) is 3.31. The van der Waals surface area contributed by atoms with E-state index in [1.165, 1.54) is 0 Å². The van der Waals surface area contributed by atoms with E-state index < -0.39 is 5.54 Å². The lowest BCUT2D eigenvalue weighted by atomic mass is 9.79. The first kappa shape index (κ1) is 12.0. The summed E-state index contributed by atoms with van der Waals surface area (Å²) < 4.78 is 0. The molecule has 3 rings (SSSR count). The molecule has 1 spiro atoms. The van der Waals surface area contributed by atoms with Gasteiger partial charge in [0, 0.05) is 24.5 Å². The van der Waals surface area contributed by atoms with Gasteiger partial charge in [0.15, 0.2) is 5.96 Å². The quantitative estimate of drug-likeness (QED) is 0.651. The number of nitrogens with one attached hydrogen (secondary N) is 2. The summed E-state index contributed by atoms with van der Waals surface area (Å²) in [4.78, 5) is 19.5. The molecule has 3 aliphatic heterocycles. The molecule has 3 atom stereocenters. The summed E-state index contributed by atoms with van der Waals surface area (Å²) in [7, 11) is 0. The number of rotatable bonds is 0. The lowest BCUT2D eigenvalue weighted by Crippen LogP contribution is -2.52. The number of piperidine rings is 1. The van der Waals surface area contributed by atoms with E-state index >= 15 is 0 Å². The molecule has 2 N–H and O–H groups in total. The van der Waals surface area contributed by atoms with Crippen LogP contribution < -0.4 is 10.6 Å². The fraction of sp³-hybridized carbons (Fsp3) is 0.846. The summed E-state index contributed by atoms with van der Waals surface area (Å²) >= 11 is 0. The van der Waals surface area contributed by atoms with Crippen LogP contribution in [0.4, 0.5) is 0 Å². The fourth-order valence-electron chi connectivity index (χ4n) is 3.31. The molecule has 0 saturated carbocycles. The molecular formula is C13H22N4O. The molecule has 0 radical (unpaired) electrons. The minimum atomic E-state index is -0.486. The second-order valence-corrected chi connectivity index (χ2v) is 6.75. The Balaban J connectivity index is 1.85. The third-order valence-corrected chi connectivity index (χ3v) is 4.19. The van der Waals surface area contributed by atoms with Crippen LogP contribution in [0, 0.1) is 5.92 Å². The molecule has 2 bridgehead atoms. The Bertz CT molecular complexity index is 412. The van der Waals surface area contributed by atoms with E-state index in [9.17, 15) is 4.79 Å². The van der Waals surface area contributed by atoms with Crippen molar-refractivity contribution >= 4 is 11.9 Å². The molecule has 3 unspecified atom stereocenters. The van der Waals surface area contributed by atoms with Crippen LogP contribution in [0.2, 0.25) is 0 Å². The average Bonchev–Trinajstić information content (AvgIpc) is 2.75. The van der Waals surface area contributed by atoms with Crippen LogP contribution in [-0.2, 0) is 4.79 Å². The third-order valence-electron chi connectivity index (χ3n) is 4.19. The summed E-state index contributed by atoms with van der Waals surface area (Å²) in [6.07, 6.45) is 1.96. The van der Waals surface area contributed by atoms with Crippen molar-refractivity contribution in [3.63, 3.8) is 0 Å². The van der Waals surface area contributed by atoms with Crippen molar-refractivity contribution in [1.29, 1.82) is 0 Å². The zero-order chi connectivity index (χ0) is 13.0. The number of nitrogens with zero attached hydrogens (tertiary/aromatic N) is 2. The Morgan fingerprint density at radius 3 is 2.94 bits per heavy atom. The summed E-state index contributed by atoms with van der Waals surface area (Å²) in [5, 5.41) is 6.22. The Kier molecular flexibility index (Phi) is 2.46. The van der Waals surface area contributed by atoms with Crippen LogP contribution in [0.1, 0.15) is 33.6 Å². The highest BCUT2D eigenvalue weighted by atomic mass is 16.2. The van der Waals surface area contributed by atoms with Crippen molar-refractivity contribution in [3.8, 4) is 0 Å². The van der Waals surface area contributed by atoms with E-state index in [-0.39, 0.29) is 11.4 Å². The molecule has 5 heteroatoms. The Morgan fingerprint density at radius 2 is 2.22 bits per heavy atom. The summed E-state index contributed by atoms with van der Waals surface area (Å²) in [5.74, 6) is 1.15. The number of fused-ring (bicyclic) bond motifs is 3. The maximum Gasteiger partial charge on any atom is 0.255 e. The van der Waals surface area contributed by atoms with E-state index in [0.717, 1.165) is 32.5 Å². The van der Waals surface area contributed by atoms with Crippen molar-refractivity contribution in [2.75, 3.05) is 19.6 Å². The molecule has 100 valence electrons. The molecule has 3 aliphatic rings. The van der Waals surface area contributed by atoms with Crippen molar-refractivity contribution in [2.45, 2.75) is 44.7 Å². The van der Waals surface area contributed by atoms with E-state index in [4.69, 9.17) is 4.99 Å². The summed E-state index contributed by atoms with van der Waals surface area (Å²) in [5.41, 5.74) is -0.561. The first-order chi connectivity index (χ1) is 8.39. The molecule has 1 amide bonds. The van der Waals surface area contributed by atoms with Gasteiger partial charge >= 0.3 is 0 Å². The van der Waals surface area contributed by atoms with Gasteiger partial charge < -0.3 is 10.2 Å². The van der Waals surface area contributed by atoms with E-state index in [1.54, 1.807) is 0 Å². The minimum absolute atomic E-state index is 0.0754. The Morgan fingerprint density at radius 1 is 1.44 bits per heavy atom. The molecule has 2 fully saturated rings. The predicted molar refractivity (Wildman–Crippen MR) is 70.4 cm³/mol. The average molecular weight is 250 g/mol. The SMILES string of the molecule is CC(C)(C)NC1=NC2(CCN3CCC2C3)C(=O)N1. The molecule has 5 nitrogen and oxygen atoms in total. The standard InChI is InChI=1S/C13H22N4O/c1-12(2,3)15-11-14-10(18)13(16-11)5-7-17-6-4-9(13)8-17/h9H,4-8H2,1-3H3,(H2,14,15,16,18). The van der Waals surface area contributed by atoms with Gasteiger partial charge in [0.05, 0.1) is 0 Å². The van der Waals surface area contributed by atoms with Crippen LogP contribution >= 0.6 is 0 Å². The van der Waals surface area contributed by atoms with Gasteiger partial charge in [-0.05, 0) is 40.2 Å². The first-order valence-corrected chi connectivity index (χ1v) is 6.81. The first-order valence-electron chi connectivity index (χ1n) is 6.81. The zero-order valence-electron chi connectivity index (χ0n) is 11.4. The molecule has 0 aromatic carbocycles. The van der Waals surface area contributed by atoms with E-state index in [1.807, 2.05) is 0 Å². The van der Waals surface area contributed by atoms with Gasteiger partial charge in [0.25, 0.3) is 5.91 Å². The Hall–Kier alpha value is -1.10. The highest BCUT2D eigenvalue weighted by molar-refractivity contribution is 6.07. The number of amides is 1. The van der Waals surface area contributed by atoms with Gasteiger partial charge in [-0.2, -0.15) is 0 Å². The number of carbonyl (C=O) groups excluding carboxylic acids is 1. The monoisotopic (exact) mass is 250 g/mol. The van der Waals surface area contributed by atoms with E-state index in [2.05, 4.69) is 36.3 Å². The number of aliphatic imine (C=N–C) groups is 1. The largest absolute Gasteiger partial charge is 0.351 e. The predicted octanol–water partition coefficient (Wildman–Crippen LogP) is 0.325. The zero-order valence-corrected chi connectivity index (χ0v) is 11.4. The lowest BCUT2D eigenvalue weighted by Gasteiger charge is -2.35. The lowest BCUT2D eigenvalue weighted by molar-refractivity contribution is -0.126. The van der Waals surface area contributed by atoms with Crippen molar-refractivity contribution in [2.24, 2.45) is 10.9 Å². The minimum Gasteiger partial charge on any atom is -0.351 e. The molecule has 0 aromatic heterocycles. The van der Waals surface area contributed by atoms with Gasteiger partial charge in [-0.3, -0.25) is 10.1 Å². The van der Waals surface area contributed by atoms with Crippen LogP contribution in [-0.4, -0.2) is 47.5 Å². The number of hydrogen-bond donors (Lipinski definition) is 2. The summed E-state index contributed by atoms with van der Waals surface area (Å²) in [6, 6.07) is 0. The topological polar surface area (TPSA) is 56.7 Å². The second-order valence-electron chi connectivity index (χ2n) is 6.75. The van der Waals surface area contributed by atoms with Gasteiger partial charge in [-0.1, -0.05) is 0 Å². The number of guanidine groups is 1. The smallest absolute Gasteiger partial charge is 0.255 e. The van der Waals surface area contributed by atoms with Crippen molar-refractivity contribution < 1.29 is 4.79 Å². The maximum atomic E-state index is 12.4. The van der Waals surface area contributed by atoms with E-state index in [0.29, 0.717) is 11.9 Å². The number of hydrogen-bond acceptors (Lipinski definition) is 4. The van der Waals surface area contributed by atoms with Crippen LogP contribution in [0.3, 0.4) is 0 Å². The summed E-state index contributed by atoms with van der Waals surface area (Å²) in [6.45, 7) is 9.37. The Labute approximate surface area is 108 Å². The highest BCUT2D eigenvalue weighted by Gasteiger charge is 2.54. The van der Waals surface area contributed by atoms with Gasteiger partial charge in [0.2, 0.25) is 0 Å². The van der Waals surface area contributed by atoms with Gasteiger partial charge in [0.1, 0.15) is 5.54 Å².